The monoisotopic (exact) mass is 285 g/mol. The van der Waals surface area contributed by atoms with E-state index in [1.165, 1.54) is 0 Å². The number of hydrogen-bond donors (Lipinski definition) is 1. The summed E-state index contributed by atoms with van der Waals surface area (Å²) in [6.45, 7) is 6.59. The number of halogens is 2. The molecule has 0 rings (SSSR count). The van der Waals surface area contributed by atoms with Crippen molar-refractivity contribution in [1.82, 2.24) is 0 Å². The van der Waals surface area contributed by atoms with E-state index in [2.05, 4.69) is 6.58 Å². The van der Waals surface area contributed by atoms with E-state index in [1.807, 2.05) is 14.1 Å². The number of esters is 1. The molecular formula is C11H21Cl2NO3. The minimum atomic E-state index is -0.534. The summed E-state index contributed by atoms with van der Waals surface area (Å²) in [6.07, 6.45) is -0.534. The molecule has 1 N–H and O–H groups in total. The highest BCUT2D eigenvalue weighted by Crippen LogP contribution is 2.02. The third kappa shape index (κ3) is 9.41. The Morgan fingerprint density at radius 1 is 1.53 bits per heavy atom. The Morgan fingerprint density at radius 2 is 2.06 bits per heavy atom. The van der Waals surface area contributed by atoms with Crippen LogP contribution in [0, 0.1) is 0 Å². The molecular weight excluding hydrogens is 265 g/mol. The third-order valence-corrected chi connectivity index (χ3v) is 2.52. The van der Waals surface area contributed by atoms with E-state index in [-0.39, 0.29) is 24.3 Å². The summed E-state index contributed by atoms with van der Waals surface area (Å²) in [7, 11) is 3.90. The van der Waals surface area contributed by atoms with Gasteiger partial charge in [0.05, 0.1) is 20.0 Å². The molecule has 0 aromatic heterocycles. The summed E-state index contributed by atoms with van der Waals surface area (Å²) in [5.41, 5.74) is 0.395. The lowest BCUT2D eigenvalue weighted by molar-refractivity contribution is -0.893. The number of nitrogens with zero attached hydrogens (tertiary/aromatic N) is 1. The highest BCUT2D eigenvalue weighted by atomic mass is 35.5. The van der Waals surface area contributed by atoms with Crippen molar-refractivity contribution in [2.75, 3.05) is 39.7 Å². The second-order valence-electron chi connectivity index (χ2n) is 4.57. The van der Waals surface area contributed by atoms with Gasteiger partial charge in [0, 0.05) is 5.57 Å². The fourth-order valence-electron chi connectivity index (χ4n) is 1.22. The molecule has 0 spiro atoms. The smallest absolute Gasteiger partial charge is 0.333 e. The number of alkyl halides is 1. The predicted octanol–water partition coefficient (Wildman–Crippen LogP) is -2.21. The van der Waals surface area contributed by atoms with Gasteiger partial charge >= 0.3 is 5.97 Å². The molecule has 0 aromatic carbocycles. The molecule has 1 atom stereocenters. The largest absolute Gasteiger partial charge is 1.00 e. The first-order valence-corrected chi connectivity index (χ1v) is 5.70. The first kappa shape index (κ1) is 19.1. The van der Waals surface area contributed by atoms with Crippen LogP contribution in [0.25, 0.3) is 0 Å². The standard InChI is InChI=1S/C11H21ClNO3.ClH/c1-9(2)11(15)16-6-5-13(3,4)8-10(14)7-12;/h10,14H,1,5-8H2,2-4H3;1H/q+1;/p-1. The van der Waals surface area contributed by atoms with Crippen molar-refractivity contribution < 1.29 is 31.5 Å². The summed E-state index contributed by atoms with van der Waals surface area (Å²) >= 11 is 5.53. The maximum atomic E-state index is 11.1. The zero-order valence-corrected chi connectivity index (χ0v) is 12.1. The Bertz CT molecular complexity index is 257. The number of aliphatic hydroxyl groups is 1. The quantitative estimate of drug-likeness (QED) is 0.250. The average molecular weight is 286 g/mol. The SMILES string of the molecule is C=C(C)C(=O)OCC[N+](C)(C)CC(O)CCl.[Cl-]. The fourth-order valence-corrected chi connectivity index (χ4v) is 1.32. The van der Waals surface area contributed by atoms with Gasteiger partial charge < -0.3 is 26.7 Å². The van der Waals surface area contributed by atoms with Crippen LogP contribution in [0.1, 0.15) is 6.92 Å². The fraction of sp³-hybridized carbons (Fsp3) is 0.727. The zero-order chi connectivity index (χ0) is 12.8. The van der Waals surface area contributed by atoms with Crippen molar-refractivity contribution in [3.8, 4) is 0 Å². The lowest BCUT2D eigenvalue weighted by Crippen LogP contribution is -3.00. The summed E-state index contributed by atoms with van der Waals surface area (Å²) in [4.78, 5) is 11.1. The second kappa shape index (κ2) is 8.75. The molecule has 0 fully saturated rings. The Balaban J connectivity index is 0. The minimum Gasteiger partial charge on any atom is -1.00 e. The van der Waals surface area contributed by atoms with E-state index >= 15 is 0 Å². The number of rotatable bonds is 7. The molecule has 4 nitrogen and oxygen atoms in total. The van der Waals surface area contributed by atoms with Crippen LogP contribution in [0.4, 0.5) is 0 Å². The first-order valence-electron chi connectivity index (χ1n) is 5.17. The van der Waals surface area contributed by atoms with Gasteiger partial charge in [-0.25, -0.2) is 4.79 Å². The molecule has 0 aliphatic heterocycles. The van der Waals surface area contributed by atoms with E-state index < -0.39 is 6.10 Å². The third-order valence-electron chi connectivity index (χ3n) is 2.16. The van der Waals surface area contributed by atoms with Gasteiger partial charge in [0.2, 0.25) is 0 Å². The number of carbonyl (C=O) groups is 1. The van der Waals surface area contributed by atoms with Gasteiger partial charge in [-0.1, -0.05) is 6.58 Å². The van der Waals surface area contributed by atoms with Crippen molar-refractivity contribution >= 4 is 17.6 Å². The molecule has 0 aromatic rings. The van der Waals surface area contributed by atoms with Crippen molar-refractivity contribution in [2.45, 2.75) is 13.0 Å². The number of hydrogen-bond acceptors (Lipinski definition) is 3. The number of ether oxygens (including phenoxy) is 1. The van der Waals surface area contributed by atoms with Gasteiger partial charge in [-0.3, -0.25) is 0 Å². The highest BCUT2D eigenvalue weighted by Gasteiger charge is 2.20. The van der Waals surface area contributed by atoms with Crippen LogP contribution in [-0.2, 0) is 9.53 Å². The van der Waals surface area contributed by atoms with Gasteiger partial charge in [0.1, 0.15) is 25.8 Å². The summed E-state index contributed by atoms with van der Waals surface area (Å²) < 4.78 is 5.54. The van der Waals surface area contributed by atoms with Crippen LogP contribution < -0.4 is 12.4 Å². The number of carbonyl (C=O) groups excluding carboxylic acids is 1. The molecule has 6 heteroatoms. The summed E-state index contributed by atoms with van der Waals surface area (Å²) in [5.74, 6) is -0.161. The molecule has 17 heavy (non-hydrogen) atoms. The van der Waals surface area contributed by atoms with Crippen LogP contribution in [-0.4, -0.2) is 61.3 Å². The van der Waals surface area contributed by atoms with Crippen LogP contribution in [0.3, 0.4) is 0 Å². The molecule has 0 bridgehead atoms. The normalized spacial score (nSPS) is 12.5. The zero-order valence-electron chi connectivity index (χ0n) is 10.6. The van der Waals surface area contributed by atoms with Crippen LogP contribution in [0.15, 0.2) is 12.2 Å². The number of likely N-dealkylation sites (N-methyl/N-ethyl adjacent to an activating group) is 1. The topological polar surface area (TPSA) is 46.5 Å². The van der Waals surface area contributed by atoms with Crippen molar-refractivity contribution in [3.05, 3.63) is 12.2 Å². The van der Waals surface area contributed by atoms with E-state index in [1.54, 1.807) is 6.92 Å². The second-order valence-corrected chi connectivity index (χ2v) is 4.87. The van der Waals surface area contributed by atoms with Crippen molar-refractivity contribution in [3.63, 3.8) is 0 Å². The summed E-state index contributed by atoms with van der Waals surface area (Å²) in [5, 5.41) is 9.42. The predicted molar refractivity (Wildman–Crippen MR) is 64.3 cm³/mol. The van der Waals surface area contributed by atoms with Gasteiger partial charge in [-0.15, -0.1) is 11.6 Å². The molecule has 1 unspecified atom stereocenters. The molecule has 102 valence electrons. The van der Waals surface area contributed by atoms with Gasteiger partial charge in [-0.05, 0) is 6.92 Å². The van der Waals surface area contributed by atoms with E-state index in [4.69, 9.17) is 16.3 Å². The first-order chi connectivity index (χ1) is 7.28. The lowest BCUT2D eigenvalue weighted by Gasteiger charge is -2.31. The molecule has 0 aliphatic carbocycles. The van der Waals surface area contributed by atoms with E-state index in [9.17, 15) is 9.90 Å². The minimum absolute atomic E-state index is 0. The highest BCUT2D eigenvalue weighted by molar-refractivity contribution is 6.18. The maximum absolute atomic E-state index is 11.1. The molecule has 0 amide bonds. The summed E-state index contributed by atoms with van der Waals surface area (Å²) in [6, 6.07) is 0. The average Bonchev–Trinajstić information content (AvgIpc) is 2.16. The number of aliphatic hydroxyl groups excluding tert-OH is 1. The van der Waals surface area contributed by atoms with Gasteiger partial charge in [0.15, 0.2) is 0 Å². The lowest BCUT2D eigenvalue weighted by atomic mass is 10.3. The molecule has 0 saturated carbocycles. The van der Waals surface area contributed by atoms with Gasteiger partial charge in [-0.2, -0.15) is 0 Å². The van der Waals surface area contributed by atoms with Crippen LogP contribution in [0.5, 0.6) is 0 Å². The van der Waals surface area contributed by atoms with Crippen LogP contribution >= 0.6 is 11.6 Å². The molecule has 0 radical (unpaired) electrons. The Morgan fingerprint density at radius 3 is 2.47 bits per heavy atom. The van der Waals surface area contributed by atoms with E-state index in [0.717, 1.165) is 0 Å². The maximum Gasteiger partial charge on any atom is 0.333 e. The van der Waals surface area contributed by atoms with Crippen molar-refractivity contribution in [1.29, 1.82) is 0 Å². The molecule has 0 aliphatic rings. The number of quaternary nitrogens is 1. The van der Waals surface area contributed by atoms with Gasteiger partial charge in [0.25, 0.3) is 0 Å². The van der Waals surface area contributed by atoms with Crippen molar-refractivity contribution in [2.24, 2.45) is 0 Å². The Hall–Kier alpha value is -0.290. The Kier molecular flexibility index (Phi) is 9.81. The van der Waals surface area contributed by atoms with E-state index in [0.29, 0.717) is 29.8 Å². The molecule has 0 saturated heterocycles. The molecule has 0 heterocycles. The van der Waals surface area contributed by atoms with Crippen LogP contribution in [0.2, 0.25) is 0 Å². The Labute approximate surface area is 114 Å².